The highest BCUT2D eigenvalue weighted by atomic mass is 32.2. The molecular formula is C26H31NO4S2. The van der Waals surface area contributed by atoms with E-state index in [4.69, 9.17) is 26.4 Å². The lowest BCUT2D eigenvalue weighted by Crippen LogP contribution is -2.22. The van der Waals surface area contributed by atoms with Gasteiger partial charge < -0.3 is 14.2 Å². The number of thioether (sulfide) groups is 1. The summed E-state index contributed by atoms with van der Waals surface area (Å²) in [5.41, 5.74) is 2.28. The summed E-state index contributed by atoms with van der Waals surface area (Å²) < 4.78 is 18.1. The number of carbonyl (C=O) groups is 1. The zero-order valence-corrected chi connectivity index (χ0v) is 21.5. The molecule has 1 fully saturated rings. The third-order valence-electron chi connectivity index (χ3n) is 5.09. The Kier molecular flexibility index (Phi) is 8.43. The highest BCUT2D eigenvalue weighted by molar-refractivity contribution is 8.26. The van der Waals surface area contributed by atoms with Crippen LogP contribution < -0.4 is 14.2 Å². The Morgan fingerprint density at radius 2 is 1.70 bits per heavy atom. The van der Waals surface area contributed by atoms with Crippen molar-refractivity contribution in [2.75, 3.05) is 26.9 Å². The van der Waals surface area contributed by atoms with Crippen LogP contribution in [0.4, 0.5) is 0 Å². The Hall–Kier alpha value is -2.51. The molecule has 33 heavy (non-hydrogen) atoms. The van der Waals surface area contributed by atoms with E-state index in [1.807, 2.05) is 43.3 Å². The maximum atomic E-state index is 12.2. The molecule has 0 spiro atoms. The summed E-state index contributed by atoms with van der Waals surface area (Å²) in [6.07, 6.45) is 2.57. The van der Waals surface area contributed by atoms with Crippen LogP contribution in [0.2, 0.25) is 0 Å². The minimum Gasteiger partial charge on any atom is -0.493 e. The molecule has 3 rings (SSSR count). The largest absolute Gasteiger partial charge is 0.493 e. The van der Waals surface area contributed by atoms with Crippen molar-refractivity contribution in [3.63, 3.8) is 0 Å². The number of likely N-dealkylation sites (N-methyl/N-ethyl adjacent to an activating group) is 1. The Labute approximate surface area is 206 Å². The molecule has 1 aliphatic heterocycles. The molecule has 1 aliphatic rings. The predicted octanol–water partition coefficient (Wildman–Crippen LogP) is 6.06. The fraction of sp³-hybridized carbons (Fsp3) is 0.385. The lowest BCUT2D eigenvalue weighted by atomic mass is 9.87. The van der Waals surface area contributed by atoms with E-state index in [0.717, 1.165) is 17.7 Å². The number of amides is 1. The third kappa shape index (κ3) is 6.74. The molecule has 5 nitrogen and oxygen atoms in total. The van der Waals surface area contributed by atoms with Crippen LogP contribution in [0, 0.1) is 0 Å². The molecule has 0 N–H and O–H groups in total. The second-order valence-corrected chi connectivity index (χ2v) is 10.4. The van der Waals surface area contributed by atoms with Gasteiger partial charge in [-0.2, -0.15) is 0 Å². The van der Waals surface area contributed by atoms with Crippen molar-refractivity contribution in [2.24, 2.45) is 0 Å². The van der Waals surface area contributed by atoms with Crippen molar-refractivity contribution in [1.82, 2.24) is 4.90 Å². The number of nitrogens with zero attached hydrogens (tertiary/aromatic N) is 1. The average Bonchev–Trinajstić information content (AvgIpc) is 3.01. The maximum Gasteiger partial charge on any atom is 0.265 e. The van der Waals surface area contributed by atoms with Gasteiger partial charge in [0.05, 0.1) is 24.7 Å². The molecule has 0 bridgehead atoms. The molecule has 0 unspecified atom stereocenters. The predicted molar refractivity (Wildman–Crippen MR) is 139 cm³/mol. The van der Waals surface area contributed by atoms with Gasteiger partial charge in [-0.25, -0.2) is 0 Å². The van der Waals surface area contributed by atoms with Crippen LogP contribution >= 0.6 is 24.0 Å². The monoisotopic (exact) mass is 485 g/mol. The van der Waals surface area contributed by atoms with Gasteiger partial charge in [0.15, 0.2) is 11.5 Å². The van der Waals surface area contributed by atoms with Gasteiger partial charge in [0, 0.05) is 13.5 Å². The van der Waals surface area contributed by atoms with E-state index in [2.05, 4.69) is 32.9 Å². The molecule has 1 saturated heterocycles. The van der Waals surface area contributed by atoms with E-state index in [0.29, 0.717) is 40.5 Å². The zero-order valence-electron chi connectivity index (χ0n) is 19.8. The number of benzene rings is 2. The molecule has 1 heterocycles. The summed E-state index contributed by atoms with van der Waals surface area (Å²) in [6, 6.07) is 13.9. The molecule has 0 atom stereocenters. The molecule has 176 valence electrons. The minimum atomic E-state index is -0.0867. The van der Waals surface area contributed by atoms with Crippen LogP contribution in [0.15, 0.2) is 47.4 Å². The lowest BCUT2D eigenvalue weighted by molar-refractivity contribution is -0.121. The van der Waals surface area contributed by atoms with Gasteiger partial charge in [0.2, 0.25) is 0 Å². The van der Waals surface area contributed by atoms with E-state index in [9.17, 15) is 4.79 Å². The van der Waals surface area contributed by atoms with Crippen LogP contribution in [-0.2, 0) is 10.2 Å². The van der Waals surface area contributed by atoms with Gasteiger partial charge in [-0.1, -0.05) is 63.0 Å². The average molecular weight is 486 g/mol. The van der Waals surface area contributed by atoms with Crippen molar-refractivity contribution in [2.45, 2.75) is 39.5 Å². The molecular weight excluding hydrogens is 454 g/mol. The minimum absolute atomic E-state index is 0.0867. The van der Waals surface area contributed by atoms with Crippen LogP contribution in [0.1, 0.15) is 45.2 Å². The quantitative estimate of drug-likeness (QED) is 0.244. The van der Waals surface area contributed by atoms with Crippen molar-refractivity contribution in [1.29, 1.82) is 0 Å². The van der Waals surface area contributed by atoms with Gasteiger partial charge in [-0.3, -0.25) is 9.69 Å². The Morgan fingerprint density at radius 3 is 2.30 bits per heavy atom. The number of hydrogen-bond acceptors (Lipinski definition) is 6. The fourth-order valence-corrected chi connectivity index (χ4v) is 4.36. The van der Waals surface area contributed by atoms with Crippen LogP contribution in [-0.4, -0.2) is 42.0 Å². The van der Waals surface area contributed by atoms with Crippen LogP contribution in [0.3, 0.4) is 0 Å². The molecule has 0 radical (unpaired) electrons. The van der Waals surface area contributed by atoms with Crippen molar-refractivity contribution in [3.8, 4) is 17.2 Å². The summed E-state index contributed by atoms with van der Waals surface area (Å²) in [5, 5.41) is 0. The molecule has 2 aromatic carbocycles. The maximum absolute atomic E-state index is 12.2. The smallest absolute Gasteiger partial charge is 0.265 e. The standard InChI is InChI=1S/C26H31NO4S2/c1-6-29-22-16-18(17-23-24(28)27(5)25(32)33-23)8-13-21(22)31-15-7-14-30-20-11-9-19(10-12-20)26(2,3)4/h8-13,16-17H,6-7,14-15H2,1-5H3. The first-order valence-electron chi connectivity index (χ1n) is 11.0. The van der Waals surface area contributed by atoms with Crippen LogP contribution in [0.5, 0.6) is 17.2 Å². The first-order chi connectivity index (χ1) is 15.7. The molecule has 7 heteroatoms. The Morgan fingerprint density at radius 1 is 1.00 bits per heavy atom. The summed E-state index contributed by atoms with van der Waals surface area (Å²) in [6.45, 7) is 10.1. The number of carbonyl (C=O) groups excluding carboxylic acids is 1. The fourth-order valence-electron chi connectivity index (χ4n) is 3.18. The van der Waals surface area contributed by atoms with Gasteiger partial charge in [-0.05, 0) is 53.8 Å². The lowest BCUT2D eigenvalue weighted by Gasteiger charge is -2.19. The summed E-state index contributed by atoms with van der Waals surface area (Å²) in [4.78, 5) is 14.3. The Bertz CT molecular complexity index is 1030. The molecule has 0 saturated carbocycles. The first kappa shape index (κ1) is 25.1. The van der Waals surface area contributed by atoms with Crippen LogP contribution in [0.25, 0.3) is 6.08 Å². The summed E-state index contributed by atoms with van der Waals surface area (Å²) in [5.74, 6) is 2.10. The zero-order chi connectivity index (χ0) is 24.0. The van der Waals surface area contributed by atoms with Gasteiger partial charge in [-0.15, -0.1) is 0 Å². The molecule has 0 aromatic heterocycles. The van der Waals surface area contributed by atoms with E-state index < -0.39 is 0 Å². The van der Waals surface area contributed by atoms with E-state index in [1.54, 1.807) is 7.05 Å². The molecule has 2 aromatic rings. The number of hydrogen-bond donors (Lipinski definition) is 0. The summed E-state index contributed by atoms with van der Waals surface area (Å²) >= 11 is 6.50. The normalized spacial score (nSPS) is 15.3. The van der Waals surface area contributed by atoms with Gasteiger partial charge in [0.1, 0.15) is 10.1 Å². The highest BCUT2D eigenvalue weighted by Crippen LogP contribution is 2.34. The van der Waals surface area contributed by atoms with Crippen molar-refractivity contribution < 1.29 is 19.0 Å². The second kappa shape index (κ2) is 11.1. The van der Waals surface area contributed by atoms with Crippen molar-refractivity contribution in [3.05, 3.63) is 58.5 Å². The van der Waals surface area contributed by atoms with E-state index >= 15 is 0 Å². The second-order valence-electron chi connectivity index (χ2n) is 8.70. The molecule has 0 aliphatic carbocycles. The van der Waals surface area contributed by atoms with E-state index in [-0.39, 0.29) is 11.3 Å². The van der Waals surface area contributed by atoms with Crippen molar-refractivity contribution >= 4 is 40.3 Å². The number of ether oxygens (including phenoxy) is 3. The van der Waals surface area contributed by atoms with E-state index in [1.165, 1.54) is 22.2 Å². The number of thiocarbonyl (C=S) groups is 1. The van der Waals surface area contributed by atoms with Gasteiger partial charge >= 0.3 is 0 Å². The third-order valence-corrected chi connectivity index (χ3v) is 6.57. The molecule has 1 amide bonds. The first-order valence-corrected chi connectivity index (χ1v) is 12.3. The topological polar surface area (TPSA) is 48.0 Å². The summed E-state index contributed by atoms with van der Waals surface area (Å²) in [7, 11) is 1.69. The highest BCUT2D eigenvalue weighted by Gasteiger charge is 2.28. The Balaban J connectivity index is 1.54. The van der Waals surface area contributed by atoms with Gasteiger partial charge in [0.25, 0.3) is 5.91 Å². The SMILES string of the molecule is CCOc1cc(C=C2SC(=S)N(C)C2=O)ccc1OCCCOc1ccc(C(C)(C)C)cc1. The number of rotatable bonds is 9.